The van der Waals surface area contributed by atoms with E-state index < -0.39 is 5.41 Å². The summed E-state index contributed by atoms with van der Waals surface area (Å²) in [4.78, 5) is 23.7. The first-order chi connectivity index (χ1) is 9.27. The first-order valence-electron chi connectivity index (χ1n) is 7.69. The maximum Gasteiger partial charge on any atom is 0.321 e. The quantitative estimate of drug-likeness (QED) is 0.382. The summed E-state index contributed by atoms with van der Waals surface area (Å²) in [7, 11) is 0. The average Bonchev–Trinajstić information content (AvgIpc) is 2.95. The lowest BCUT2D eigenvalue weighted by Crippen LogP contribution is -2.18. The molecule has 0 aromatic carbocycles. The fraction of sp³-hybridized carbons (Fsp3) is 0.750. The van der Waals surface area contributed by atoms with Crippen molar-refractivity contribution in [3.63, 3.8) is 0 Å². The zero-order chi connectivity index (χ0) is 13.3. The minimum atomic E-state index is -0.471. The molecule has 2 aliphatic carbocycles. The number of hydrogen-bond acceptors (Lipinski definition) is 3. The van der Waals surface area contributed by atoms with E-state index in [9.17, 15) is 9.59 Å². The van der Waals surface area contributed by atoms with E-state index in [1.54, 1.807) is 0 Å². The molecule has 0 aromatic heterocycles. The number of carbonyl (C=O) groups excluding carboxylic acids is 2. The molecule has 0 radical (unpaired) electrons. The summed E-state index contributed by atoms with van der Waals surface area (Å²) in [6.07, 6.45) is 14.8. The Kier molecular flexibility index (Phi) is 3.46. The van der Waals surface area contributed by atoms with Crippen molar-refractivity contribution in [2.45, 2.75) is 57.8 Å². The predicted octanol–water partition coefficient (Wildman–Crippen LogP) is 3.38. The third-order valence-corrected chi connectivity index (χ3v) is 5.03. The van der Waals surface area contributed by atoms with E-state index in [4.69, 9.17) is 4.74 Å². The molecule has 3 atom stereocenters. The van der Waals surface area contributed by atoms with Crippen LogP contribution < -0.4 is 0 Å². The standard InChI is InChI=1S/C16H22O3/c17-14-13-12-10-8-6-4-2-1-3-5-7-9-11-16(12,13)15(18)19-14/h8,10,12-13H,1-7,9,11H2/b10-8+. The van der Waals surface area contributed by atoms with Gasteiger partial charge in [-0.1, -0.05) is 50.7 Å². The molecule has 3 unspecified atom stereocenters. The molecule has 3 rings (SSSR count). The van der Waals surface area contributed by atoms with Gasteiger partial charge in [-0.05, 0) is 19.3 Å². The SMILES string of the molecule is O=C1OC(=O)C23CCCCCCCCC/C=C/C2C13. The molecule has 1 spiro atoms. The third-order valence-electron chi connectivity index (χ3n) is 5.03. The fourth-order valence-electron chi connectivity index (χ4n) is 3.85. The molecule has 19 heavy (non-hydrogen) atoms. The maximum atomic E-state index is 12.0. The lowest BCUT2D eigenvalue weighted by molar-refractivity contribution is -0.157. The van der Waals surface area contributed by atoms with Gasteiger partial charge in [0.05, 0.1) is 11.3 Å². The van der Waals surface area contributed by atoms with E-state index in [1.165, 1.54) is 38.5 Å². The van der Waals surface area contributed by atoms with Crippen molar-refractivity contribution in [2.24, 2.45) is 17.3 Å². The number of rotatable bonds is 0. The molecule has 1 saturated heterocycles. The Balaban J connectivity index is 1.73. The molecule has 0 amide bonds. The number of carbonyl (C=O) groups is 2. The van der Waals surface area contributed by atoms with E-state index in [0.29, 0.717) is 0 Å². The van der Waals surface area contributed by atoms with Crippen molar-refractivity contribution >= 4 is 11.9 Å². The molecule has 0 aromatic rings. The van der Waals surface area contributed by atoms with Crippen LogP contribution >= 0.6 is 0 Å². The van der Waals surface area contributed by atoms with E-state index >= 15 is 0 Å². The minimum absolute atomic E-state index is 0.127. The van der Waals surface area contributed by atoms with Gasteiger partial charge in [0.2, 0.25) is 0 Å². The normalized spacial score (nSPS) is 41.1. The second-order valence-electron chi connectivity index (χ2n) is 6.19. The van der Waals surface area contributed by atoms with Crippen molar-refractivity contribution in [1.29, 1.82) is 0 Å². The van der Waals surface area contributed by atoms with Crippen molar-refractivity contribution in [3.05, 3.63) is 12.2 Å². The van der Waals surface area contributed by atoms with Crippen LogP contribution in [-0.2, 0) is 14.3 Å². The first-order valence-corrected chi connectivity index (χ1v) is 7.69. The Hall–Kier alpha value is -1.12. The number of allylic oxidation sites excluding steroid dienone is 2. The summed E-state index contributed by atoms with van der Waals surface area (Å²) in [6, 6.07) is 0. The van der Waals surface area contributed by atoms with Crippen LogP contribution in [0, 0.1) is 17.3 Å². The summed E-state index contributed by atoms with van der Waals surface area (Å²) in [5, 5.41) is 0. The molecule has 1 aliphatic heterocycles. The zero-order valence-electron chi connectivity index (χ0n) is 11.4. The molecule has 0 N–H and O–H groups in total. The zero-order valence-corrected chi connectivity index (χ0v) is 11.4. The Bertz CT molecular complexity index is 412. The summed E-state index contributed by atoms with van der Waals surface area (Å²) >= 11 is 0. The molecule has 1 heterocycles. The molecular weight excluding hydrogens is 240 g/mol. The van der Waals surface area contributed by atoms with Gasteiger partial charge >= 0.3 is 11.9 Å². The number of esters is 2. The number of hydrogen-bond donors (Lipinski definition) is 0. The van der Waals surface area contributed by atoms with Crippen molar-refractivity contribution in [3.8, 4) is 0 Å². The van der Waals surface area contributed by atoms with Gasteiger partial charge in [0, 0.05) is 5.92 Å². The van der Waals surface area contributed by atoms with Crippen molar-refractivity contribution in [2.75, 3.05) is 0 Å². The summed E-state index contributed by atoms with van der Waals surface area (Å²) < 4.78 is 4.82. The summed E-state index contributed by atoms with van der Waals surface area (Å²) in [5.41, 5.74) is -0.471. The van der Waals surface area contributed by atoms with E-state index in [-0.39, 0.29) is 23.8 Å². The largest absolute Gasteiger partial charge is 0.392 e. The van der Waals surface area contributed by atoms with E-state index in [1.807, 2.05) is 0 Å². The number of fused-ring (bicyclic) bond motifs is 1. The van der Waals surface area contributed by atoms with Gasteiger partial charge in [0.15, 0.2) is 0 Å². The molecular formula is C16H22O3. The van der Waals surface area contributed by atoms with Gasteiger partial charge in [0.25, 0.3) is 0 Å². The highest BCUT2D eigenvalue weighted by molar-refractivity contribution is 6.05. The van der Waals surface area contributed by atoms with Crippen molar-refractivity contribution in [1.82, 2.24) is 0 Å². The topological polar surface area (TPSA) is 43.4 Å². The molecule has 3 aliphatic rings. The highest BCUT2D eigenvalue weighted by Crippen LogP contribution is 2.67. The van der Waals surface area contributed by atoms with Crippen LogP contribution in [0.2, 0.25) is 0 Å². The minimum Gasteiger partial charge on any atom is -0.392 e. The lowest BCUT2D eigenvalue weighted by atomic mass is 9.94. The number of ether oxygens (including phenoxy) is 1. The van der Waals surface area contributed by atoms with Gasteiger partial charge in [0.1, 0.15) is 0 Å². The smallest absolute Gasteiger partial charge is 0.321 e. The van der Waals surface area contributed by atoms with Crippen LogP contribution in [0.25, 0.3) is 0 Å². The molecule has 3 heteroatoms. The monoisotopic (exact) mass is 262 g/mol. The Morgan fingerprint density at radius 3 is 2.47 bits per heavy atom. The second kappa shape index (κ2) is 5.10. The molecule has 0 bridgehead atoms. The Labute approximate surface area is 114 Å². The van der Waals surface area contributed by atoms with Gasteiger partial charge in [-0.2, -0.15) is 0 Å². The van der Waals surface area contributed by atoms with Gasteiger partial charge in [-0.15, -0.1) is 0 Å². The average molecular weight is 262 g/mol. The summed E-state index contributed by atoms with van der Waals surface area (Å²) in [6.45, 7) is 0. The van der Waals surface area contributed by atoms with Crippen LogP contribution in [0.3, 0.4) is 0 Å². The maximum absolute atomic E-state index is 12.0. The van der Waals surface area contributed by atoms with Gasteiger partial charge in [-0.3, -0.25) is 9.59 Å². The molecule has 2 fully saturated rings. The van der Waals surface area contributed by atoms with Crippen LogP contribution in [0.4, 0.5) is 0 Å². The first kappa shape index (κ1) is 12.9. The van der Waals surface area contributed by atoms with Crippen LogP contribution in [0.1, 0.15) is 57.8 Å². The van der Waals surface area contributed by atoms with E-state index in [0.717, 1.165) is 19.3 Å². The Morgan fingerprint density at radius 1 is 1.00 bits per heavy atom. The lowest BCUT2D eigenvalue weighted by Gasteiger charge is -2.10. The molecule has 3 nitrogen and oxygen atoms in total. The molecule has 104 valence electrons. The van der Waals surface area contributed by atoms with Crippen LogP contribution in [-0.4, -0.2) is 11.9 Å². The third kappa shape index (κ3) is 2.13. The highest BCUT2D eigenvalue weighted by Gasteiger charge is 2.77. The van der Waals surface area contributed by atoms with Crippen molar-refractivity contribution < 1.29 is 14.3 Å². The van der Waals surface area contributed by atoms with E-state index in [2.05, 4.69) is 12.2 Å². The highest BCUT2D eigenvalue weighted by atomic mass is 16.6. The van der Waals surface area contributed by atoms with Gasteiger partial charge < -0.3 is 4.74 Å². The Morgan fingerprint density at radius 2 is 1.68 bits per heavy atom. The van der Waals surface area contributed by atoms with Crippen LogP contribution in [0.5, 0.6) is 0 Å². The number of cyclic esters (lactones) is 2. The van der Waals surface area contributed by atoms with Crippen LogP contribution in [0.15, 0.2) is 12.2 Å². The summed E-state index contributed by atoms with van der Waals surface area (Å²) in [5.74, 6) is -0.583. The second-order valence-corrected chi connectivity index (χ2v) is 6.19. The molecule has 1 saturated carbocycles. The predicted molar refractivity (Wildman–Crippen MR) is 71.2 cm³/mol. The fourth-order valence-corrected chi connectivity index (χ4v) is 3.85. The van der Waals surface area contributed by atoms with Gasteiger partial charge in [-0.25, -0.2) is 0 Å².